The predicted molar refractivity (Wildman–Crippen MR) is 83.1 cm³/mol. The molecule has 0 saturated heterocycles. The van der Waals surface area contributed by atoms with Crippen molar-refractivity contribution < 1.29 is 19.4 Å². The fourth-order valence-corrected chi connectivity index (χ4v) is 1.98. The zero-order valence-electron chi connectivity index (χ0n) is 11.5. The third kappa shape index (κ3) is 5.67. The first-order valence-corrected chi connectivity index (χ1v) is 7.21. The maximum atomic E-state index is 11.7. The van der Waals surface area contributed by atoms with Crippen molar-refractivity contribution in [1.82, 2.24) is 5.32 Å². The minimum absolute atomic E-state index is 0.0654. The lowest BCUT2D eigenvalue weighted by Gasteiger charge is -2.11. The van der Waals surface area contributed by atoms with Gasteiger partial charge in [-0.15, -0.1) is 18.2 Å². The molecule has 7 heteroatoms. The van der Waals surface area contributed by atoms with Gasteiger partial charge in [0, 0.05) is 12.3 Å². The molecule has 0 aliphatic heterocycles. The monoisotopic (exact) mass is 308 g/mol. The standard InChI is InChI=1S/C14H16N2O4S/c1-3-7-21-8-6-15-14(19)16-11-9-10(13(17)18)4-5-12(11)20-2/h1,4-5,9H,6-8H2,2H3,(H,17,18)(H2,15,16,19). The Labute approximate surface area is 127 Å². The number of carboxylic acids is 1. The number of anilines is 1. The average Bonchev–Trinajstić information content (AvgIpc) is 2.46. The number of hydrogen-bond donors (Lipinski definition) is 3. The van der Waals surface area contributed by atoms with Gasteiger partial charge < -0.3 is 20.5 Å². The second-order valence-electron chi connectivity index (χ2n) is 3.86. The number of carbonyl (C=O) groups is 2. The highest BCUT2D eigenvalue weighted by molar-refractivity contribution is 7.99. The van der Waals surface area contributed by atoms with Crippen LogP contribution in [-0.2, 0) is 0 Å². The van der Waals surface area contributed by atoms with E-state index in [9.17, 15) is 9.59 Å². The number of amides is 2. The molecular weight excluding hydrogens is 292 g/mol. The van der Waals surface area contributed by atoms with E-state index in [1.54, 1.807) is 0 Å². The molecule has 0 spiro atoms. The molecule has 3 N–H and O–H groups in total. The van der Waals surface area contributed by atoms with Crippen molar-refractivity contribution in [3.05, 3.63) is 23.8 Å². The van der Waals surface area contributed by atoms with E-state index < -0.39 is 12.0 Å². The number of methoxy groups -OCH3 is 1. The van der Waals surface area contributed by atoms with Gasteiger partial charge in [-0.3, -0.25) is 0 Å². The number of thioether (sulfide) groups is 1. The van der Waals surface area contributed by atoms with Crippen LogP contribution in [0, 0.1) is 12.3 Å². The summed E-state index contributed by atoms with van der Waals surface area (Å²) < 4.78 is 5.08. The fraction of sp³-hybridized carbons (Fsp3) is 0.286. The summed E-state index contributed by atoms with van der Waals surface area (Å²) in [6.45, 7) is 0.457. The summed E-state index contributed by atoms with van der Waals surface area (Å²) in [4.78, 5) is 22.6. The van der Waals surface area contributed by atoms with E-state index >= 15 is 0 Å². The van der Waals surface area contributed by atoms with E-state index in [4.69, 9.17) is 16.3 Å². The second kappa shape index (κ2) is 8.76. The van der Waals surface area contributed by atoms with Gasteiger partial charge in [0.2, 0.25) is 0 Å². The Morgan fingerprint density at radius 3 is 2.86 bits per heavy atom. The van der Waals surface area contributed by atoms with Crippen LogP contribution in [-0.4, -0.2) is 42.3 Å². The molecule has 0 bridgehead atoms. The minimum Gasteiger partial charge on any atom is -0.495 e. The number of aromatic carboxylic acids is 1. The van der Waals surface area contributed by atoms with Crippen LogP contribution < -0.4 is 15.4 Å². The molecule has 6 nitrogen and oxygen atoms in total. The number of carbonyl (C=O) groups excluding carboxylic acids is 1. The van der Waals surface area contributed by atoms with Crippen LogP contribution in [0.4, 0.5) is 10.5 Å². The van der Waals surface area contributed by atoms with Crippen LogP contribution in [0.3, 0.4) is 0 Å². The number of hydrogen-bond acceptors (Lipinski definition) is 4. The summed E-state index contributed by atoms with van der Waals surface area (Å²) in [6.07, 6.45) is 5.11. The quantitative estimate of drug-likeness (QED) is 0.529. The fourth-order valence-electron chi connectivity index (χ4n) is 1.47. The molecule has 0 heterocycles. The summed E-state index contributed by atoms with van der Waals surface area (Å²) in [5.74, 6) is 3.09. The van der Waals surface area contributed by atoms with E-state index in [1.165, 1.54) is 37.1 Å². The van der Waals surface area contributed by atoms with E-state index in [2.05, 4.69) is 16.6 Å². The number of benzene rings is 1. The number of urea groups is 1. The van der Waals surface area contributed by atoms with E-state index in [1.807, 2.05) is 0 Å². The molecule has 1 aromatic carbocycles. The molecule has 0 unspecified atom stereocenters. The van der Waals surface area contributed by atoms with Crippen molar-refractivity contribution in [3.63, 3.8) is 0 Å². The van der Waals surface area contributed by atoms with Gasteiger partial charge in [0.1, 0.15) is 5.75 Å². The zero-order chi connectivity index (χ0) is 15.7. The third-order valence-electron chi connectivity index (χ3n) is 2.41. The van der Waals surface area contributed by atoms with E-state index in [0.29, 0.717) is 29.5 Å². The van der Waals surface area contributed by atoms with Gasteiger partial charge in [0.05, 0.1) is 24.1 Å². The second-order valence-corrected chi connectivity index (χ2v) is 4.96. The summed E-state index contributed by atoms with van der Waals surface area (Å²) >= 11 is 1.53. The van der Waals surface area contributed by atoms with Crippen LogP contribution >= 0.6 is 11.8 Å². The summed E-state index contributed by atoms with van der Waals surface area (Å²) in [7, 11) is 1.44. The molecule has 0 fully saturated rings. The lowest BCUT2D eigenvalue weighted by Crippen LogP contribution is -2.30. The van der Waals surface area contributed by atoms with Crippen LogP contribution in [0.15, 0.2) is 18.2 Å². The van der Waals surface area contributed by atoms with E-state index in [0.717, 1.165) is 0 Å². The Balaban J connectivity index is 2.60. The highest BCUT2D eigenvalue weighted by atomic mass is 32.2. The molecule has 21 heavy (non-hydrogen) atoms. The molecule has 0 aromatic heterocycles. The summed E-state index contributed by atoms with van der Waals surface area (Å²) in [5.41, 5.74) is 0.363. The number of nitrogens with one attached hydrogen (secondary N) is 2. The molecule has 0 aliphatic carbocycles. The topological polar surface area (TPSA) is 87.7 Å². The summed E-state index contributed by atoms with van der Waals surface area (Å²) in [5, 5.41) is 14.2. The smallest absolute Gasteiger partial charge is 0.335 e. The van der Waals surface area contributed by atoms with Crippen molar-refractivity contribution in [1.29, 1.82) is 0 Å². The van der Waals surface area contributed by atoms with Crippen molar-refractivity contribution in [2.24, 2.45) is 0 Å². The molecule has 2 amide bonds. The molecule has 0 atom stereocenters. The molecule has 0 aliphatic rings. The Hall–Kier alpha value is -2.33. The SMILES string of the molecule is C#CCSCCNC(=O)Nc1cc(C(=O)O)ccc1OC. The maximum absolute atomic E-state index is 11.7. The highest BCUT2D eigenvalue weighted by Gasteiger charge is 2.11. The zero-order valence-corrected chi connectivity index (χ0v) is 12.3. The van der Waals surface area contributed by atoms with Crippen molar-refractivity contribution >= 4 is 29.4 Å². The lowest BCUT2D eigenvalue weighted by molar-refractivity contribution is 0.0697. The van der Waals surface area contributed by atoms with Crippen LogP contribution in [0.25, 0.3) is 0 Å². The molecule has 0 radical (unpaired) electrons. The molecular formula is C14H16N2O4S. The summed E-state index contributed by atoms with van der Waals surface area (Å²) in [6, 6.07) is 3.80. The molecule has 0 saturated carbocycles. The number of terminal acetylenes is 1. The molecule has 112 valence electrons. The minimum atomic E-state index is -1.08. The van der Waals surface area contributed by atoms with Crippen LogP contribution in [0.5, 0.6) is 5.75 Å². The Bertz CT molecular complexity index is 554. The van der Waals surface area contributed by atoms with Gasteiger partial charge in [0.15, 0.2) is 0 Å². The van der Waals surface area contributed by atoms with Crippen LogP contribution in [0.2, 0.25) is 0 Å². The van der Waals surface area contributed by atoms with Crippen molar-refractivity contribution in [2.75, 3.05) is 30.5 Å². The number of carboxylic acid groups (broad SMARTS) is 1. The average molecular weight is 308 g/mol. The normalized spacial score (nSPS) is 9.52. The van der Waals surface area contributed by atoms with E-state index in [-0.39, 0.29) is 5.56 Å². The Morgan fingerprint density at radius 1 is 1.48 bits per heavy atom. The van der Waals surface area contributed by atoms with Gasteiger partial charge in [-0.25, -0.2) is 9.59 Å². The van der Waals surface area contributed by atoms with Crippen molar-refractivity contribution in [3.8, 4) is 18.1 Å². The van der Waals surface area contributed by atoms with Gasteiger partial charge >= 0.3 is 12.0 Å². The van der Waals surface area contributed by atoms with Gasteiger partial charge in [-0.05, 0) is 18.2 Å². The van der Waals surface area contributed by atoms with Gasteiger partial charge in [-0.2, -0.15) is 0 Å². The molecule has 1 rings (SSSR count). The third-order valence-corrected chi connectivity index (χ3v) is 3.28. The van der Waals surface area contributed by atoms with Gasteiger partial charge in [0.25, 0.3) is 0 Å². The van der Waals surface area contributed by atoms with Crippen LogP contribution in [0.1, 0.15) is 10.4 Å². The van der Waals surface area contributed by atoms with Crippen molar-refractivity contribution in [2.45, 2.75) is 0 Å². The Morgan fingerprint density at radius 2 is 2.24 bits per heavy atom. The van der Waals surface area contributed by atoms with Gasteiger partial charge in [-0.1, -0.05) is 5.92 Å². The number of ether oxygens (including phenoxy) is 1. The predicted octanol–water partition coefficient (Wildman–Crippen LogP) is 1.88. The molecule has 1 aromatic rings. The largest absolute Gasteiger partial charge is 0.495 e. The number of rotatable bonds is 7. The maximum Gasteiger partial charge on any atom is 0.335 e. The first-order valence-electron chi connectivity index (χ1n) is 6.06. The highest BCUT2D eigenvalue weighted by Crippen LogP contribution is 2.25. The first kappa shape index (κ1) is 16.7. The lowest BCUT2D eigenvalue weighted by atomic mass is 10.2. The Kier molecular flexibility index (Phi) is 6.98. The first-order chi connectivity index (χ1) is 10.1.